The van der Waals surface area contributed by atoms with Crippen LogP contribution in [-0.4, -0.2) is 24.0 Å². The van der Waals surface area contributed by atoms with Gasteiger partial charge in [-0.1, -0.05) is 42.5 Å². The number of carbonyl (C=O) groups is 1. The number of hydrogen-bond acceptors (Lipinski definition) is 3. The Bertz CT molecular complexity index is 840. The van der Waals surface area contributed by atoms with Gasteiger partial charge in [-0.3, -0.25) is 4.79 Å². The van der Waals surface area contributed by atoms with Crippen molar-refractivity contribution >= 4 is 27.5 Å². The van der Waals surface area contributed by atoms with E-state index in [0.717, 1.165) is 40.4 Å². The molecular weight excluding hydrogens is 330 g/mol. The summed E-state index contributed by atoms with van der Waals surface area (Å²) in [4.78, 5) is 18.7. The van der Waals surface area contributed by atoms with Crippen LogP contribution >= 0.6 is 11.3 Å². The molecule has 2 aromatic carbocycles. The predicted molar refractivity (Wildman–Crippen MR) is 101 cm³/mol. The SMILES string of the molecule is C[NH+](Cc1nc2ccccc2s1)[C@H](C(=O)NC1CC1)c1ccccc1. The first-order valence-electron chi connectivity index (χ1n) is 8.73. The standard InChI is InChI=1S/C20H21N3OS/c1-23(13-18-22-16-9-5-6-10-17(16)25-18)19(14-7-3-2-4-8-14)20(24)21-15-11-12-15/h2-10,15,19H,11-13H2,1H3,(H,21,24)/p+1/t19-/m0/s1. The molecule has 1 aromatic heterocycles. The molecule has 1 fully saturated rings. The van der Waals surface area contributed by atoms with Crippen LogP contribution in [0, 0.1) is 0 Å². The van der Waals surface area contributed by atoms with Crippen molar-refractivity contribution in [1.82, 2.24) is 10.3 Å². The van der Waals surface area contributed by atoms with Crippen molar-refractivity contribution in [3.8, 4) is 0 Å². The van der Waals surface area contributed by atoms with Crippen LogP contribution in [0.4, 0.5) is 0 Å². The van der Waals surface area contributed by atoms with Gasteiger partial charge in [-0.2, -0.15) is 0 Å². The second-order valence-corrected chi connectivity index (χ2v) is 7.84. The average molecular weight is 352 g/mol. The van der Waals surface area contributed by atoms with E-state index in [2.05, 4.69) is 18.4 Å². The second-order valence-electron chi connectivity index (χ2n) is 6.73. The number of amides is 1. The Balaban J connectivity index is 1.57. The molecule has 1 aliphatic rings. The third-order valence-corrected chi connectivity index (χ3v) is 5.62. The molecule has 5 heteroatoms. The minimum Gasteiger partial charge on any atom is -0.348 e. The summed E-state index contributed by atoms with van der Waals surface area (Å²) in [5.74, 6) is 0.118. The maximum Gasteiger partial charge on any atom is 0.283 e. The zero-order chi connectivity index (χ0) is 17.2. The van der Waals surface area contributed by atoms with Gasteiger partial charge in [-0.05, 0) is 25.0 Å². The van der Waals surface area contributed by atoms with Crippen molar-refractivity contribution < 1.29 is 9.69 Å². The van der Waals surface area contributed by atoms with Crippen LogP contribution in [0.2, 0.25) is 0 Å². The fraction of sp³-hybridized carbons (Fsp3) is 0.300. The first-order valence-corrected chi connectivity index (χ1v) is 9.54. The van der Waals surface area contributed by atoms with E-state index in [9.17, 15) is 4.79 Å². The van der Waals surface area contributed by atoms with Gasteiger partial charge in [-0.25, -0.2) is 4.98 Å². The molecule has 0 saturated heterocycles. The van der Waals surface area contributed by atoms with Crippen molar-refractivity contribution in [3.63, 3.8) is 0 Å². The molecule has 1 amide bonds. The molecule has 0 bridgehead atoms. The molecule has 128 valence electrons. The average Bonchev–Trinajstić information content (AvgIpc) is 3.32. The fourth-order valence-corrected chi connectivity index (χ4v) is 4.22. The summed E-state index contributed by atoms with van der Waals surface area (Å²) in [5, 5.41) is 4.24. The number of aromatic nitrogens is 1. The summed E-state index contributed by atoms with van der Waals surface area (Å²) in [6.45, 7) is 0.733. The van der Waals surface area contributed by atoms with Crippen LogP contribution in [-0.2, 0) is 11.3 Å². The smallest absolute Gasteiger partial charge is 0.283 e. The Hall–Kier alpha value is -2.24. The van der Waals surface area contributed by atoms with Crippen LogP contribution in [0.25, 0.3) is 10.2 Å². The van der Waals surface area contributed by atoms with Crippen LogP contribution in [0.3, 0.4) is 0 Å². The van der Waals surface area contributed by atoms with Crippen molar-refractivity contribution in [2.24, 2.45) is 0 Å². The molecule has 2 atom stereocenters. The molecule has 4 rings (SSSR count). The van der Waals surface area contributed by atoms with Gasteiger partial charge in [-0.15, -0.1) is 11.3 Å². The summed E-state index contributed by atoms with van der Waals surface area (Å²) < 4.78 is 1.20. The zero-order valence-corrected chi connectivity index (χ0v) is 15.1. The van der Waals surface area contributed by atoms with Crippen LogP contribution in [0.15, 0.2) is 54.6 Å². The van der Waals surface area contributed by atoms with E-state index in [-0.39, 0.29) is 11.9 Å². The Morgan fingerprint density at radius 3 is 2.64 bits per heavy atom. The highest BCUT2D eigenvalue weighted by atomic mass is 32.1. The molecular formula is C20H22N3OS+. The van der Waals surface area contributed by atoms with E-state index in [4.69, 9.17) is 4.98 Å². The summed E-state index contributed by atoms with van der Waals surface area (Å²) >= 11 is 1.71. The van der Waals surface area contributed by atoms with Gasteiger partial charge in [0.05, 0.1) is 17.3 Å². The second kappa shape index (κ2) is 6.94. The van der Waals surface area contributed by atoms with Gasteiger partial charge in [0.15, 0.2) is 6.04 Å². The highest BCUT2D eigenvalue weighted by Crippen LogP contribution is 2.22. The van der Waals surface area contributed by atoms with Crippen molar-refractivity contribution in [3.05, 3.63) is 65.2 Å². The predicted octanol–water partition coefficient (Wildman–Crippen LogP) is 2.33. The van der Waals surface area contributed by atoms with E-state index < -0.39 is 0 Å². The fourth-order valence-electron chi connectivity index (χ4n) is 3.15. The van der Waals surface area contributed by atoms with Gasteiger partial charge in [0.25, 0.3) is 5.91 Å². The van der Waals surface area contributed by atoms with Crippen LogP contribution < -0.4 is 10.2 Å². The van der Waals surface area contributed by atoms with Crippen molar-refractivity contribution in [1.29, 1.82) is 0 Å². The lowest BCUT2D eigenvalue weighted by Gasteiger charge is -2.24. The van der Waals surface area contributed by atoms with Crippen LogP contribution in [0.1, 0.15) is 29.5 Å². The lowest BCUT2D eigenvalue weighted by Crippen LogP contribution is -3.09. The van der Waals surface area contributed by atoms with Gasteiger partial charge < -0.3 is 10.2 Å². The summed E-state index contributed by atoms with van der Waals surface area (Å²) in [5.41, 5.74) is 2.09. The number of benzene rings is 2. The Labute approximate surface area is 151 Å². The first kappa shape index (κ1) is 16.2. The monoisotopic (exact) mass is 352 g/mol. The lowest BCUT2D eigenvalue weighted by molar-refractivity contribution is -0.916. The molecule has 0 radical (unpaired) electrons. The van der Waals surface area contributed by atoms with E-state index in [1.54, 1.807) is 11.3 Å². The highest BCUT2D eigenvalue weighted by molar-refractivity contribution is 7.18. The molecule has 1 heterocycles. The van der Waals surface area contributed by atoms with E-state index in [0.29, 0.717) is 6.04 Å². The third kappa shape index (κ3) is 3.72. The molecule has 0 aliphatic heterocycles. The Morgan fingerprint density at radius 2 is 1.92 bits per heavy atom. The largest absolute Gasteiger partial charge is 0.348 e. The summed E-state index contributed by atoms with van der Waals surface area (Å²) in [7, 11) is 2.08. The Morgan fingerprint density at radius 1 is 1.20 bits per heavy atom. The number of carbonyl (C=O) groups excluding carboxylic acids is 1. The first-order chi connectivity index (χ1) is 12.2. The summed E-state index contributed by atoms with van der Waals surface area (Å²) in [6.07, 6.45) is 2.20. The van der Waals surface area contributed by atoms with E-state index in [1.807, 2.05) is 48.5 Å². The number of para-hydroxylation sites is 1. The number of thiazole rings is 1. The van der Waals surface area contributed by atoms with E-state index >= 15 is 0 Å². The van der Waals surface area contributed by atoms with Crippen molar-refractivity contribution in [2.75, 3.05) is 7.05 Å². The Kier molecular flexibility index (Phi) is 4.51. The molecule has 1 aliphatic carbocycles. The minimum atomic E-state index is -0.214. The molecule has 1 unspecified atom stereocenters. The maximum atomic E-state index is 12.8. The van der Waals surface area contributed by atoms with Gasteiger partial charge in [0, 0.05) is 11.6 Å². The summed E-state index contributed by atoms with van der Waals surface area (Å²) in [6, 6.07) is 18.4. The molecule has 25 heavy (non-hydrogen) atoms. The third-order valence-electron chi connectivity index (χ3n) is 4.58. The normalized spacial score (nSPS) is 16.5. The van der Waals surface area contributed by atoms with Gasteiger partial charge in [0.1, 0.15) is 11.6 Å². The number of likely N-dealkylation sites (N-methyl/N-ethyl adjacent to an activating group) is 1. The number of nitrogens with one attached hydrogen (secondary N) is 2. The zero-order valence-electron chi connectivity index (χ0n) is 14.2. The number of hydrogen-bond donors (Lipinski definition) is 2. The molecule has 3 aromatic rings. The van der Waals surface area contributed by atoms with Crippen LogP contribution in [0.5, 0.6) is 0 Å². The van der Waals surface area contributed by atoms with Gasteiger partial charge >= 0.3 is 0 Å². The molecule has 0 spiro atoms. The quantitative estimate of drug-likeness (QED) is 0.715. The molecule has 4 nitrogen and oxygen atoms in total. The molecule has 1 saturated carbocycles. The maximum absolute atomic E-state index is 12.8. The van der Waals surface area contributed by atoms with E-state index in [1.165, 1.54) is 4.70 Å². The highest BCUT2D eigenvalue weighted by Gasteiger charge is 2.33. The minimum absolute atomic E-state index is 0.118. The molecule has 2 N–H and O–H groups in total. The number of quaternary nitrogens is 1. The lowest BCUT2D eigenvalue weighted by atomic mass is 10.0. The van der Waals surface area contributed by atoms with Gasteiger partial charge in [0.2, 0.25) is 0 Å². The topological polar surface area (TPSA) is 46.4 Å². The number of nitrogens with zero attached hydrogens (tertiary/aromatic N) is 1. The van der Waals surface area contributed by atoms with Crippen molar-refractivity contribution in [2.45, 2.75) is 31.5 Å². The number of rotatable bonds is 6. The number of fused-ring (bicyclic) bond motifs is 1.